The molecular formula is C13H22BrNS. The van der Waals surface area contributed by atoms with Crippen LogP contribution in [0.2, 0.25) is 0 Å². The maximum Gasteiger partial charge on any atom is 0.0314 e. The zero-order valence-corrected chi connectivity index (χ0v) is 12.8. The Morgan fingerprint density at radius 3 is 2.69 bits per heavy atom. The zero-order chi connectivity index (χ0) is 12.0. The quantitative estimate of drug-likeness (QED) is 0.784. The van der Waals surface area contributed by atoms with Crippen LogP contribution in [-0.2, 0) is 6.42 Å². The van der Waals surface area contributed by atoms with Crippen molar-refractivity contribution in [2.75, 3.05) is 6.54 Å². The first-order valence-corrected chi connectivity index (χ1v) is 7.81. The molecule has 1 N–H and O–H groups in total. The highest BCUT2D eigenvalue weighted by Gasteiger charge is 2.17. The zero-order valence-electron chi connectivity index (χ0n) is 10.4. The first-order valence-electron chi connectivity index (χ1n) is 6.14. The summed E-state index contributed by atoms with van der Waals surface area (Å²) in [7, 11) is 0. The van der Waals surface area contributed by atoms with E-state index >= 15 is 0 Å². The average Bonchev–Trinajstić information content (AvgIpc) is 2.64. The average molecular weight is 304 g/mol. The third-order valence-electron chi connectivity index (χ3n) is 2.99. The van der Waals surface area contributed by atoms with Crippen molar-refractivity contribution in [2.45, 2.75) is 46.1 Å². The first-order chi connectivity index (χ1) is 7.69. The van der Waals surface area contributed by atoms with Crippen molar-refractivity contribution in [1.29, 1.82) is 0 Å². The summed E-state index contributed by atoms with van der Waals surface area (Å²) in [5.74, 6) is 0.749. The summed E-state index contributed by atoms with van der Waals surface area (Å²) in [6, 6.07) is 2.76. The number of hydrogen-bond donors (Lipinski definition) is 1. The van der Waals surface area contributed by atoms with Crippen LogP contribution in [-0.4, -0.2) is 12.6 Å². The smallest absolute Gasteiger partial charge is 0.0314 e. The fourth-order valence-electron chi connectivity index (χ4n) is 2.06. The molecule has 0 aliphatic rings. The molecule has 1 rings (SSSR count). The van der Waals surface area contributed by atoms with Crippen molar-refractivity contribution < 1.29 is 0 Å². The van der Waals surface area contributed by atoms with Crippen LogP contribution in [0.15, 0.2) is 15.9 Å². The van der Waals surface area contributed by atoms with Crippen molar-refractivity contribution in [3.63, 3.8) is 0 Å². The van der Waals surface area contributed by atoms with E-state index in [-0.39, 0.29) is 0 Å². The van der Waals surface area contributed by atoms with Gasteiger partial charge in [-0.25, -0.2) is 0 Å². The third kappa shape index (κ3) is 4.19. The van der Waals surface area contributed by atoms with Gasteiger partial charge in [0.15, 0.2) is 0 Å². The van der Waals surface area contributed by atoms with E-state index in [0.717, 1.165) is 18.9 Å². The molecule has 2 unspecified atom stereocenters. The fourth-order valence-corrected chi connectivity index (χ4v) is 3.64. The molecule has 2 atom stereocenters. The molecule has 3 heteroatoms. The summed E-state index contributed by atoms with van der Waals surface area (Å²) in [6.07, 6.45) is 3.72. The number of likely N-dealkylation sites (N-methyl/N-ethyl adjacent to an activating group) is 1. The largest absolute Gasteiger partial charge is 0.314 e. The minimum atomic E-state index is 0.611. The summed E-state index contributed by atoms with van der Waals surface area (Å²) >= 11 is 5.47. The fraction of sp³-hybridized carbons (Fsp3) is 0.692. The predicted molar refractivity (Wildman–Crippen MR) is 77.3 cm³/mol. The highest BCUT2D eigenvalue weighted by atomic mass is 79.9. The van der Waals surface area contributed by atoms with E-state index in [9.17, 15) is 0 Å². The lowest BCUT2D eigenvalue weighted by atomic mass is 9.94. The number of nitrogens with one attached hydrogen (secondary N) is 1. The second-order valence-electron chi connectivity index (χ2n) is 4.33. The Balaban J connectivity index is 2.60. The van der Waals surface area contributed by atoms with Gasteiger partial charge in [0.1, 0.15) is 0 Å². The van der Waals surface area contributed by atoms with Gasteiger partial charge in [0.2, 0.25) is 0 Å². The van der Waals surface area contributed by atoms with E-state index in [2.05, 4.69) is 53.5 Å². The molecule has 0 aromatic carbocycles. The van der Waals surface area contributed by atoms with Crippen LogP contribution in [0.25, 0.3) is 0 Å². The molecule has 0 aliphatic carbocycles. The normalized spacial score (nSPS) is 15.0. The minimum absolute atomic E-state index is 0.611. The van der Waals surface area contributed by atoms with Gasteiger partial charge in [-0.05, 0) is 52.7 Å². The SMILES string of the molecule is CCCC(C)C(Cc1sccc1Br)NCC. The Hall–Kier alpha value is 0.140. The molecule has 92 valence electrons. The van der Waals surface area contributed by atoms with Crippen molar-refractivity contribution >= 4 is 27.3 Å². The van der Waals surface area contributed by atoms with Gasteiger partial charge in [-0.15, -0.1) is 11.3 Å². The molecule has 0 spiro atoms. The van der Waals surface area contributed by atoms with Crippen LogP contribution in [0.5, 0.6) is 0 Å². The van der Waals surface area contributed by atoms with Gasteiger partial charge in [0.05, 0.1) is 0 Å². The lowest BCUT2D eigenvalue weighted by Crippen LogP contribution is -2.36. The van der Waals surface area contributed by atoms with Crippen molar-refractivity contribution in [2.24, 2.45) is 5.92 Å². The summed E-state index contributed by atoms with van der Waals surface area (Å²) in [5, 5.41) is 5.78. The molecule has 0 amide bonds. The van der Waals surface area contributed by atoms with Crippen molar-refractivity contribution in [1.82, 2.24) is 5.32 Å². The molecule has 0 fully saturated rings. The van der Waals surface area contributed by atoms with Gasteiger partial charge in [-0.3, -0.25) is 0 Å². The lowest BCUT2D eigenvalue weighted by molar-refractivity contribution is 0.359. The highest BCUT2D eigenvalue weighted by Crippen LogP contribution is 2.26. The van der Waals surface area contributed by atoms with Gasteiger partial charge in [-0.1, -0.05) is 27.2 Å². The first kappa shape index (κ1) is 14.2. The van der Waals surface area contributed by atoms with Crippen molar-refractivity contribution in [3.05, 3.63) is 20.8 Å². The Morgan fingerprint density at radius 1 is 1.44 bits per heavy atom. The second kappa shape index (κ2) is 7.46. The molecule has 1 aromatic rings. The van der Waals surface area contributed by atoms with Gasteiger partial charge in [0, 0.05) is 15.4 Å². The number of hydrogen-bond acceptors (Lipinski definition) is 2. The Labute approximate surface area is 112 Å². The standard InChI is InChI=1S/C13H22BrNS/c1-4-6-10(3)12(15-5-2)9-13-11(14)7-8-16-13/h7-8,10,12,15H,4-6,9H2,1-3H3. The van der Waals surface area contributed by atoms with Crippen LogP contribution >= 0.6 is 27.3 Å². The molecular weight excluding hydrogens is 282 g/mol. The molecule has 1 heterocycles. The lowest BCUT2D eigenvalue weighted by Gasteiger charge is -2.24. The maximum atomic E-state index is 3.62. The Kier molecular flexibility index (Phi) is 6.62. The van der Waals surface area contributed by atoms with Gasteiger partial charge in [0.25, 0.3) is 0 Å². The van der Waals surface area contributed by atoms with Crippen LogP contribution in [0.1, 0.15) is 38.5 Å². The third-order valence-corrected chi connectivity index (χ3v) is 4.94. The van der Waals surface area contributed by atoms with E-state index in [4.69, 9.17) is 0 Å². The minimum Gasteiger partial charge on any atom is -0.314 e. The summed E-state index contributed by atoms with van der Waals surface area (Å²) in [4.78, 5) is 1.47. The van der Waals surface area contributed by atoms with E-state index in [1.807, 2.05) is 11.3 Å². The summed E-state index contributed by atoms with van der Waals surface area (Å²) in [5.41, 5.74) is 0. The number of rotatable bonds is 7. The summed E-state index contributed by atoms with van der Waals surface area (Å²) < 4.78 is 1.27. The van der Waals surface area contributed by atoms with Crippen LogP contribution in [0.4, 0.5) is 0 Å². The van der Waals surface area contributed by atoms with Gasteiger partial charge < -0.3 is 5.32 Å². The molecule has 0 aliphatic heterocycles. The van der Waals surface area contributed by atoms with Crippen LogP contribution < -0.4 is 5.32 Å². The van der Waals surface area contributed by atoms with Gasteiger partial charge >= 0.3 is 0 Å². The van der Waals surface area contributed by atoms with Gasteiger partial charge in [-0.2, -0.15) is 0 Å². The molecule has 1 nitrogen and oxygen atoms in total. The molecule has 16 heavy (non-hydrogen) atoms. The topological polar surface area (TPSA) is 12.0 Å². The van der Waals surface area contributed by atoms with E-state index in [1.54, 1.807) is 0 Å². The predicted octanol–water partition coefficient (Wildman–Crippen LogP) is 4.47. The number of halogens is 1. The molecule has 0 saturated heterocycles. The monoisotopic (exact) mass is 303 g/mol. The van der Waals surface area contributed by atoms with E-state index in [1.165, 1.54) is 22.2 Å². The maximum absolute atomic E-state index is 3.62. The molecule has 0 bridgehead atoms. The summed E-state index contributed by atoms with van der Waals surface area (Å²) in [6.45, 7) is 7.87. The van der Waals surface area contributed by atoms with Crippen LogP contribution in [0.3, 0.4) is 0 Å². The number of thiophene rings is 1. The van der Waals surface area contributed by atoms with Crippen LogP contribution in [0, 0.1) is 5.92 Å². The second-order valence-corrected chi connectivity index (χ2v) is 6.18. The van der Waals surface area contributed by atoms with E-state index in [0.29, 0.717) is 6.04 Å². The molecule has 1 aromatic heterocycles. The van der Waals surface area contributed by atoms with Crippen molar-refractivity contribution in [3.8, 4) is 0 Å². The molecule has 0 saturated carbocycles. The molecule has 0 radical (unpaired) electrons. The Morgan fingerprint density at radius 2 is 2.19 bits per heavy atom. The van der Waals surface area contributed by atoms with E-state index < -0.39 is 0 Å². The Bertz CT molecular complexity index is 298. The highest BCUT2D eigenvalue weighted by molar-refractivity contribution is 9.10.